The van der Waals surface area contributed by atoms with Crippen molar-refractivity contribution in [3.8, 4) is 0 Å². The summed E-state index contributed by atoms with van der Waals surface area (Å²) < 4.78 is 0.812. The summed E-state index contributed by atoms with van der Waals surface area (Å²) in [7, 11) is 0. The molecular formula is C14H19BrN2O. The molecule has 1 aromatic rings. The Hall–Kier alpha value is -1.03. The van der Waals surface area contributed by atoms with Crippen LogP contribution in [0, 0.1) is 0 Å². The Balaban J connectivity index is 2.32. The zero-order valence-corrected chi connectivity index (χ0v) is 12.4. The highest BCUT2D eigenvalue weighted by atomic mass is 79.9. The summed E-state index contributed by atoms with van der Waals surface area (Å²) in [6.45, 7) is 4.24. The van der Waals surface area contributed by atoms with Crippen molar-refractivity contribution in [2.24, 2.45) is 0 Å². The first-order valence-electron chi connectivity index (χ1n) is 6.38. The normalized spacial score (nSPS) is 24.1. The number of hydrogen-bond acceptors (Lipinski definition) is 2. The van der Waals surface area contributed by atoms with Gasteiger partial charge in [-0.25, -0.2) is 0 Å². The zero-order valence-electron chi connectivity index (χ0n) is 10.8. The van der Waals surface area contributed by atoms with Gasteiger partial charge in [0.15, 0.2) is 0 Å². The standard InChI is InChI=1S/C14H19BrN2O/c1-9-4-3-5-10(2)17(9)14(18)12-8-11(16)6-7-13(12)15/h6-10H,3-5,16H2,1-2H3/t9-,10+. The number of hydrogen-bond donors (Lipinski definition) is 1. The first-order valence-corrected chi connectivity index (χ1v) is 7.17. The smallest absolute Gasteiger partial charge is 0.255 e. The van der Waals surface area contributed by atoms with Crippen molar-refractivity contribution in [3.05, 3.63) is 28.2 Å². The van der Waals surface area contributed by atoms with Crippen LogP contribution < -0.4 is 5.73 Å². The molecule has 0 bridgehead atoms. The number of piperidine rings is 1. The SMILES string of the molecule is C[C@@H]1CCC[C@H](C)N1C(=O)c1cc(N)ccc1Br. The summed E-state index contributed by atoms with van der Waals surface area (Å²) in [5.74, 6) is 0.0777. The molecule has 1 heterocycles. The molecule has 18 heavy (non-hydrogen) atoms. The molecule has 0 aliphatic carbocycles. The van der Waals surface area contributed by atoms with Crippen molar-refractivity contribution in [3.63, 3.8) is 0 Å². The van der Waals surface area contributed by atoms with Gasteiger partial charge in [-0.3, -0.25) is 4.79 Å². The fourth-order valence-corrected chi connectivity index (χ4v) is 3.08. The molecule has 0 aromatic heterocycles. The number of halogens is 1. The lowest BCUT2D eigenvalue weighted by atomic mass is 9.96. The minimum Gasteiger partial charge on any atom is -0.399 e. The number of likely N-dealkylation sites (tertiary alicyclic amines) is 1. The fraction of sp³-hybridized carbons (Fsp3) is 0.500. The van der Waals surface area contributed by atoms with Gasteiger partial charge in [-0.2, -0.15) is 0 Å². The van der Waals surface area contributed by atoms with Gasteiger partial charge in [0.25, 0.3) is 5.91 Å². The molecule has 1 aliphatic heterocycles. The average Bonchev–Trinajstić information content (AvgIpc) is 2.32. The molecule has 2 rings (SSSR count). The monoisotopic (exact) mass is 310 g/mol. The highest BCUT2D eigenvalue weighted by molar-refractivity contribution is 9.10. The second kappa shape index (κ2) is 5.31. The lowest BCUT2D eigenvalue weighted by molar-refractivity contribution is 0.0510. The summed E-state index contributed by atoms with van der Waals surface area (Å²) in [4.78, 5) is 14.6. The molecule has 0 unspecified atom stereocenters. The second-order valence-electron chi connectivity index (χ2n) is 5.08. The summed E-state index contributed by atoms with van der Waals surface area (Å²) in [5, 5.41) is 0. The van der Waals surface area contributed by atoms with Crippen molar-refractivity contribution < 1.29 is 4.79 Å². The van der Waals surface area contributed by atoms with Gasteiger partial charge in [-0.1, -0.05) is 0 Å². The van der Waals surface area contributed by atoms with E-state index in [1.807, 2.05) is 11.0 Å². The minimum absolute atomic E-state index is 0.0777. The number of carbonyl (C=O) groups excluding carboxylic acids is 1. The number of nitrogen functional groups attached to an aromatic ring is 1. The molecular weight excluding hydrogens is 292 g/mol. The van der Waals surface area contributed by atoms with Crippen LogP contribution in [0.2, 0.25) is 0 Å². The number of nitrogens with zero attached hydrogens (tertiary/aromatic N) is 1. The van der Waals surface area contributed by atoms with Crippen LogP contribution in [-0.4, -0.2) is 22.9 Å². The van der Waals surface area contributed by atoms with Gasteiger partial charge in [-0.05, 0) is 67.2 Å². The van der Waals surface area contributed by atoms with Crippen LogP contribution in [0.25, 0.3) is 0 Å². The molecule has 2 N–H and O–H groups in total. The Morgan fingerprint density at radius 1 is 1.33 bits per heavy atom. The van der Waals surface area contributed by atoms with E-state index in [2.05, 4.69) is 29.8 Å². The molecule has 1 amide bonds. The van der Waals surface area contributed by atoms with E-state index in [1.165, 1.54) is 6.42 Å². The Kier molecular flexibility index (Phi) is 3.95. The number of rotatable bonds is 1. The highest BCUT2D eigenvalue weighted by Gasteiger charge is 2.30. The van der Waals surface area contributed by atoms with Crippen molar-refractivity contribution in [2.75, 3.05) is 5.73 Å². The van der Waals surface area contributed by atoms with Crippen molar-refractivity contribution in [2.45, 2.75) is 45.2 Å². The van der Waals surface area contributed by atoms with E-state index in [-0.39, 0.29) is 5.91 Å². The molecule has 98 valence electrons. The van der Waals surface area contributed by atoms with Crippen LogP contribution in [0.4, 0.5) is 5.69 Å². The van der Waals surface area contributed by atoms with Crippen LogP contribution in [0.1, 0.15) is 43.5 Å². The van der Waals surface area contributed by atoms with E-state index in [1.54, 1.807) is 12.1 Å². The van der Waals surface area contributed by atoms with Gasteiger partial charge >= 0.3 is 0 Å². The zero-order chi connectivity index (χ0) is 13.3. The number of amides is 1. The van der Waals surface area contributed by atoms with E-state index in [0.29, 0.717) is 23.3 Å². The third kappa shape index (κ3) is 2.53. The molecule has 2 atom stereocenters. The lowest BCUT2D eigenvalue weighted by Crippen LogP contribution is -2.47. The molecule has 1 fully saturated rings. The van der Waals surface area contributed by atoms with E-state index in [9.17, 15) is 4.79 Å². The predicted molar refractivity (Wildman–Crippen MR) is 77.5 cm³/mol. The maximum absolute atomic E-state index is 12.6. The predicted octanol–water partition coefficient (Wildman–Crippen LogP) is 3.43. The minimum atomic E-state index is 0.0777. The summed E-state index contributed by atoms with van der Waals surface area (Å²) >= 11 is 3.43. The van der Waals surface area contributed by atoms with E-state index in [0.717, 1.165) is 17.3 Å². The molecule has 1 aromatic carbocycles. The third-order valence-corrected chi connectivity index (χ3v) is 4.34. The molecule has 0 saturated carbocycles. The van der Waals surface area contributed by atoms with Gasteiger partial charge < -0.3 is 10.6 Å². The Labute approximate surface area is 116 Å². The largest absolute Gasteiger partial charge is 0.399 e. The average molecular weight is 311 g/mol. The van der Waals surface area contributed by atoms with E-state index >= 15 is 0 Å². The van der Waals surface area contributed by atoms with Gasteiger partial charge in [-0.15, -0.1) is 0 Å². The highest BCUT2D eigenvalue weighted by Crippen LogP contribution is 2.28. The van der Waals surface area contributed by atoms with E-state index in [4.69, 9.17) is 5.73 Å². The summed E-state index contributed by atoms with van der Waals surface area (Å²) in [6.07, 6.45) is 3.36. The van der Waals surface area contributed by atoms with Gasteiger partial charge in [0.05, 0.1) is 5.56 Å². The molecule has 4 heteroatoms. The van der Waals surface area contributed by atoms with Crippen LogP contribution in [0.5, 0.6) is 0 Å². The maximum Gasteiger partial charge on any atom is 0.255 e. The van der Waals surface area contributed by atoms with Crippen LogP contribution in [0.3, 0.4) is 0 Å². The first-order chi connectivity index (χ1) is 8.50. The van der Waals surface area contributed by atoms with Crippen LogP contribution in [0.15, 0.2) is 22.7 Å². The van der Waals surface area contributed by atoms with Crippen LogP contribution in [-0.2, 0) is 0 Å². The Bertz CT molecular complexity index is 451. The first kappa shape index (κ1) is 13.4. The van der Waals surface area contributed by atoms with Gasteiger partial charge in [0, 0.05) is 22.2 Å². The number of carbonyl (C=O) groups is 1. The second-order valence-corrected chi connectivity index (χ2v) is 5.93. The quantitative estimate of drug-likeness (QED) is 0.808. The Morgan fingerprint density at radius 2 is 1.94 bits per heavy atom. The summed E-state index contributed by atoms with van der Waals surface area (Å²) in [5.41, 5.74) is 7.06. The fourth-order valence-electron chi connectivity index (χ4n) is 2.67. The molecule has 1 saturated heterocycles. The Morgan fingerprint density at radius 3 is 2.56 bits per heavy atom. The van der Waals surface area contributed by atoms with Crippen molar-refractivity contribution in [1.29, 1.82) is 0 Å². The van der Waals surface area contributed by atoms with E-state index < -0.39 is 0 Å². The number of anilines is 1. The van der Waals surface area contributed by atoms with Crippen molar-refractivity contribution >= 4 is 27.5 Å². The summed E-state index contributed by atoms with van der Waals surface area (Å²) in [6, 6.07) is 5.98. The number of nitrogens with two attached hydrogens (primary N) is 1. The van der Waals surface area contributed by atoms with Crippen molar-refractivity contribution in [1.82, 2.24) is 4.90 Å². The topological polar surface area (TPSA) is 46.3 Å². The molecule has 0 radical (unpaired) electrons. The third-order valence-electron chi connectivity index (χ3n) is 3.65. The molecule has 0 spiro atoms. The molecule has 3 nitrogen and oxygen atoms in total. The van der Waals surface area contributed by atoms with Crippen LogP contribution >= 0.6 is 15.9 Å². The number of benzene rings is 1. The van der Waals surface area contributed by atoms with Gasteiger partial charge in [0.2, 0.25) is 0 Å². The lowest BCUT2D eigenvalue weighted by Gasteiger charge is -2.39. The molecule has 1 aliphatic rings. The maximum atomic E-state index is 12.6. The van der Waals surface area contributed by atoms with Gasteiger partial charge in [0.1, 0.15) is 0 Å².